The molecule has 0 heterocycles. The molecular formula is C12H27N. The van der Waals surface area contributed by atoms with Crippen LogP contribution in [0.5, 0.6) is 0 Å². The van der Waals surface area contributed by atoms with Gasteiger partial charge in [0.15, 0.2) is 0 Å². The van der Waals surface area contributed by atoms with E-state index in [4.69, 9.17) is 0 Å². The first-order valence-electron chi connectivity index (χ1n) is 6.11. The quantitative estimate of drug-likeness (QED) is 0.711. The van der Waals surface area contributed by atoms with E-state index in [0.29, 0.717) is 0 Å². The molecule has 2 aliphatic carbocycles. The first-order chi connectivity index (χ1) is 6.40. The van der Waals surface area contributed by atoms with Gasteiger partial charge in [0.25, 0.3) is 0 Å². The lowest BCUT2D eigenvalue weighted by molar-refractivity contribution is 0.321. The molecule has 1 nitrogen and oxygen atoms in total. The number of nitrogens with one attached hydrogen (secondary N) is 1. The summed E-state index contributed by atoms with van der Waals surface area (Å²) < 4.78 is 0. The van der Waals surface area contributed by atoms with E-state index in [2.05, 4.69) is 12.2 Å². The Morgan fingerprint density at radius 2 is 2.00 bits per heavy atom. The van der Waals surface area contributed by atoms with Gasteiger partial charge in [-0.05, 0) is 50.1 Å². The van der Waals surface area contributed by atoms with Crippen LogP contribution in [0.25, 0.3) is 0 Å². The molecule has 2 aliphatic rings. The Balaban J connectivity index is 0.000000531. The highest BCUT2D eigenvalue weighted by atomic mass is 14.9. The number of hydrogen-bond donors (Lipinski definition) is 1. The minimum absolute atomic E-state index is 0. The van der Waals surface area contributed by atoms with Gasteiger partial charge in [-0.3, -0.25) is 0 Å². The number of fused-ring (bicyclic) bond motifs is 2. The van der Waals surface area contributed by atoms with Crippen LogP contribution in [0.4, 0.5) is 0 Å². The first-order valence-corrected chi connectivity index (χ1v) is 6.11. The van der Waals surface area contributed by atoms with Crippen molar-refractivity contribution >= 4 is 0 Å². The van der Waals surface area contributed by atoms with Crippen LogP contribution < -0.4 is 5.32 Å². The molecule has 2 bridgehead atoms. The van der Waals surface area contributed by atoms with Gasteiger partial charge in [-0.1, -0.05) is 27.2 Å². The summed E-state index contributed by atoms with van der Waals surface area (Å²) in [6.45, 7) is 8.64. The van der Waals surface area contributed by atoms with Crippen LogP contribution in [0, 0.1) is 17.8 Å². The minimum Gasteiger partial charge on any atom is -0.317 e. The average molecular weight is 185 g/mol. The Labute approximate surface area is 84.8 Å². The molecule has 0 spiro atoms. The monoisotopic (exact) mass is 185 g/mol. The Morgan fingerprint density at radius 3 is 2.46 bits per heavy atom. The zero-order valence-electron chi connectivity index (χ0n) is 9.47. The molecule has 0 aliphatic heterocycles. The molecule has 0 saturated heterocycles. The van der Waals surface area contributed by atoms with Crippen LogP contribution >= 0.6 is 0 Å². The summed E-state index contributed by atoms with van der Waals surface area (Å²) >= 11 is 0. The van der Waals surface area contributed by atoms with Crippen molar-refractivity contribution in [1.82, 2.24) is 5.32 Å². The van der Waals surface area contributed by atoms with Crippen molar-refractivity contribution in [2.24, 2.45) is 17.8 Å². The third-order valence-corrected chi connectivity index (χ3v) is 3.54. The average Bonchev–Trinajstić information content (AvgIpc) is 2.79. The third kappa shape index (κ3) is 2.70. The fraction of sp³-hybridized carbons (Fsp3) is 1.00. The van der Waals surface area contributed by atoms with Gasteiger partial charge < -0.3 is 5.32 Å². The van der Waals surface area contributed by atoms with Crippen LogP contribution in [0.1, 0.15) is 47.9 Å². The van der Waals surface area contributed by atoms with E-state index >= 15 is 0 Å². The summed E-state index contributed by atoms with van der Waals surface area (Å²) in [5, 5.41) is 3.48. The van der Waals surface area contributed by atoms with Gasteiger partial charge in [0.2, 0.25) is 0 Å². The molecule has 3 unspecified atom stereocenters. The van der Waals surface area contributed by atoms with E-state index < -0.39 is 0 Å². The summed E-state index contributed by atoms with van der Waals surface area (Å²) in [4.78, 5) is 0. The van der Waals surface area contributed by atoms with Gasteiger partial charge >= 0.3 is 0 Å². The molecule has 13 heavy (non-hydrogen) atoms. The summed E-state index contributed by atoms with van der Waals surface area (Å²) in [5.41, 5.74) is 0. The van der Waals surface area contributed by atoms with Gasteiger partial charge in [0.05, 0.1) is 0 Å². The van der Waals surface area contributed by atoms with Crippen LogP contribution in [-0.4, -0.2) is 13.1 Å². The van der Waals surface area contributed by atoms with E-state index in [0.717, 1.165) is 24.3 Å². The molecule has 2 saturated carbocycles. The maximum Gasteiger partial charge on any atom is 0 e. The molecule has 1 N–H and O–H groups in total. The molecule has 0 amide bonds. The molecule has 0 aromatic heterocycles. The summed E-state index contributed by atoms with van der Waals surface area (Å²) in [6.07, 6.45) is 6.14. The lowest BCUT2D eigenvalue weighted by Gasteiger charge is -2.21. The molecule has 3 atom stereocenters. The second kappa shape index (κ2) is 5.64. The third-order valence-electron chi connectivity index (χ3n) is 3.54. The molecule has 0 radical (unpaired) electrons. The second-order valence-electron chi connectivity index (χ2n) is 4.24. The maximum absolute atomic E-state index is 3.48. The predicted octanol–water partition coefficient (Wildman–Crippen LogP) is 3.30. The highest BCUT2D eigenvalue weighted by Gasteiger charge is 2.38. The van der Waals surface area contributed by atoms with E-state index in [1.54, 1.807) is 6.42 Å². The van der Waals surface area contributed by atoms with E-state index in [-0.39, 0.29) is 1.43 Å². The van der Waals surface area contributed by atoms with Crippen molar-refractivity contribution < 1.29 is 1.43 Å². The smallest absolute Gasteiger partial charge is 0 e. The molecule has 2 rings (SSSR count). The van der Waals surface area contributed by atoms with Gasteiger partial charge in [-0.25, -0.2) is 0 Å². The van der Waals surface area contributed by atoms with Crippen LogP contribution in [-0.2, 0) is 0 Å². The molecule has 80 valence electrons. The van der Waals surface area contributed by atoms with Crippen LogP contribution in [0.3, 0.4) is 0 Å². The largest absolute Gasteiger partial charge is 0.317 e. The Kier molecular flexibility index (Phi) is 4.79. The minimum atomic E-state index is 0. The Hall–Kier alpha value is -0.0400. The Morgan fingerprint density at radius 1 is 1.23 bits per heavy atom. The van der Waals surface area contributed by atoms with E-state index in [9.17, 15) is 0 Å². The van der Waals surface area contributed by atoms with Crippen LogP contribution in [0.2, 0.25) is 0 Å². The van der Waals surface area contributed by atoms with Gasteiger partial charge in [0.1, 0.15) is 0 Å². The Bertz CT molecular complexity index is 138. The SMILES string of the molecule is CC.CCNCC1CC2CCC1C2.[HH]. The molecule has 1 heteroatoms. The predicted molar refractivity (Wildman–Crippen MR) is 60.9 cm³/mol. The first kappa shape index (κ1) is 11.0. The topological polar surface area (TPSA) is 12.0 Å². The van der Waals surface area contributed by atoms with Crippen molar-refractivity contribution in [3.05, 3.63) is 0 Å². The van der Waals surface area contributed by atoms with E-state index in [1.807, 2.05) is 13.8 Å². The highest BCUT2D eigenvalue weighted by Crippen LogP contribution is 2.47. The maximum atomic E-state index is 3.48. The molecular weight excluding hydrogens is 158 g/mol. The number of hydrogen-bond acceptors (Lipinski definition) is 1. The molecule has 2 fully saturated rings. The number of rotatable bonds is 3. The van der Waals surface area contributed by atoms with Crippen molar-refractivity contribution in [1.29, 1.82) is 0 Å². The van der Waals surface area contributed by atoms with Gasteiger partial charge in [0, 0.05) is 1.43 Å². The molecule has 0 aromatic rings. The van der Waals surface area contributed by atoms with Crippen molar-refractivity contribution in [2.45, 2.75) is 46.5 Å². The van der Waals surface area contributed by atoms with E-state index in [1.165, 1.54) is 25.8 Å². The summed E-state index contributed by atoms with van der Waals surface area (Å²) in [6, 6.07) is 0. The summed E-state index contributed by atoms with van der Waals surface area (Å²) in [7, 11) is 0. The van der Waals surface area contributed by atoms with Gasteiger partial charge in [-0.2, -0.15) is 0 Å². The standard InChI is InChI=1S/C10H19N.C2H6.H2/c1-2-11-7-10-6-8-3-4-9(10)5-8;1-2;/h8-11H,2-7H2,1H3;1-2H3;1H. The zero-order valence-corrected chi connectivity index (χ0v) is 9.47. The lowest BCUT2D eigenvalue weighted by atomic mass is 9.89. The fourth-order valence-electron chi connectivity index (χ4n) is 2.96. The second-order valence-corrected chi connectivity index (χ2v) is 4.24. The normalized spacial score (nSPS) is 35.8. The van der Waals surface area contributed by atoms with Crippen molar-refractivity contribution in [3.63, 3.8) is 0 Å². The van der Waals surface area contributed by atoms with Crippen LogP contribution in [0.15, 0.2) is 0 Å². The fourth-order valence-corrected chi connectivity index (χ4v) is 2.96. The lowest BCUT2D eigenvalue weighted by Crippen LogP contribution is -2.26. The zero-order chi connectivity index (χ0) is 9.68. The molecule has 0 aromatic carbocycles. The van der Waals surface area contributed by atoms with Gasteiger partial charge in [-0.15, -0.1) is 0 Å². The highest BCUT2D eigenvalue weighted by molar-refractivity contribution is 4.90. The van der Waals surface area contributed by atoms with Crippen molar-refractivity contribution in [2.75, 3.05) is 13.1 Å². The van der Waals surface area contributed by atoms with Crippen molar-refractivity contribution in [3.8, 4) is 0 Å². The summed E-state index contributed by atoms with van der Waals surface area (Å²) in [5.74, 6) is 3.25.